The number of methoxy groups -OCH3 is 1. The third-order valence-corrected chi connectivity index (χ3v) is 8.39. The number of carbonyl (C=O) groups is 1. The molecule has 0 N–H and O–H groups in total. The van der Waals surface area contributed by atoms with Crippen LogP contribution in [0.15, 0.2) is 35.1 Å². The standard InChI is InChI=1S/C32H38N4O4/c1-20-14-21(2)31(22(3)15-20)36(13-12-34-10-5-6-30(34)37)29-18-26-25-17-27(39-4)28(40-19-23-7-8-23)16-24(25)9-11-35(26)32(38)33-29/h14-18,23H,5-13,19H2,1-4H3. The summed E-state index contributed by atoms with van der Waals surface area (Å²) in [6.07, 6.45) is 4.67. The number of aryl methyl sites for hydroxylation is 4. The number of hydrogen-bond acceptors (Lipinski definition) is 6. The molecule has 2 aromatic carbocycles. The molecule has 3 heterocycles. The molecule has 2 aliphatic heterocycles. The fourth-order valence-corrected chi connectivity index (χ4v) is 6.22. The van der Waals surface area contributed by atoms with Gasteiger partial charge in [0, 0.05) is 49.9 Å². The number of fused-ring (bicyclic) bond motifs is 3. The van der Waals surface area contributed by atoms with Crippen LogP contribution in [0, 0.1) is 26.7 Å². The maximum Gasteiger partial charge on any atom is 0.350 e. The average Bonchev–Trinajstić information content (AvgIpc) is 3.67. The Hall–Kier alpha value is -3.81. The summed E-state index contributed by atoms with van der Waals surface area (Å²) in [5.41, 5.74) is 7.12. The van der Waals surface area contributed by atoms with Gasteiger partial charge in [0.15, 0.2) is 11.5 Å². The van der Waals surface area contributed by atoms with Gasteiger partial charge in [0.05, 0.1) is 19.4 Å². The molecule has 1 saturated heterocycles. The van der Waals surface area contributed by atoms with Gasteiger partial charge in [-0.05, 0) is 81.2 Å². The summed E-state index contributed by atoms with van der Waals surface area (Å²) in [4.78, 5) is 34.5. The molecule has 3 aliphatic rings. The number of aromatic nitrogens is 2. The molecule has 1 aliphatic carbocycles. The lowest BCUT2D eigenvalue weighted by molar-refractivity contribution is -0.127. The molecule has 1 aromatic heterocycles. The molecule has 40 heavy (non-hydrogen) atoms. The van der Waals surface area contributed by atoms with Crippen LogP contribution in [0.4, 0.5) is 11.5 Å². The highest BCUT2D eigenvalue weighted by molar-refractivity contribution is 5.78. The Morgan fingerprint density at radius 3 is 2.42 bits per heavy atom. The highest BCUT2D eigenvalue weighted by atomic mass is 16.5. The molecule has 0 bridgehead atoms. The number of rotatable bonds is 9. The zero-order chi connectivity index (χ0) is 28.0. The maximum atomic E-state index is 13.5. The summed E-state index contributed by atoms with van der Waals surface area (Å²) in [7, 11) is 1.66. The lowest BCUT2D eigenvalue weighted by atomic mass is 9.96. The average molecular weight is 543 g/mol. The van der Waals surface area contributed by atoms with Crippen molar-refractivity contribution in [1.29, 1.82) is 0 Å². The molecule has 0 atom stereocenters. The fourth-order valence-electron chi connectivity index (χ4n) is 6.22. The number of ether oxygens (including phenoxy) is 2. The Kier molecular flexibility index (Phi) is 7.02. The molecule has 0 spiro atoms. The summed E-state index contributed by atoms with van der Waals surface area (Å²) >= 11 is 0. The van der Waals surface area contributed by atoms with Gasteiger partial charge >= 0.3 is 5.69 Å². The molecule has 1 amide bonds. The second-order valence-corrected chi connectivity index (χ2v) is 11.5. The summed E-state index contributed by atoms with van der Waals surface area (Å²) in [5, 5.41) is 0. The molecular formula is C32H38N4O4. The fraction of sp³-hybridized carbons (Fsp3) is 0.469. The minimum atomic E-state index is -0.268. The summed E-state index contributed by atoms with van der Waals surface area (Å²) in [5.74, 6) is 2.87. The van der Waals surface area contributed by atoms with E-state index >= 15 is 0 Å². The number of nitrogens with zero attached hydrogens (tertiary/aromatic N) is 4. The van der Waals surface area contributed by atoms with Gasteiger partial charge < -0.3 is 19.3 Å². The third-order valence-electron chi connectivity index (χ3n) is 8.39. The van der Waals surface area contributed by atoms with E-state index in [4.69, 9.17) is 9.47 Å². The van der Waals surface area contributed by atoms with E-state index in [1.54, 1.807) is 11.7 Å². The molecule has 8 heteroatoms. The number of likely N-dealkylation sites (tertiary alicyclic amines) is 1. The molecule has 0 unspecified atom stereocenters. The van der Waals surface area contributed by atoms with Crippen molar-refractivity contribution < 1.29 is 14.3 Å². The maximum absolute atomic E-state index is 13.5. The summed E-state index contributed by atoms with van der Waals surface area (Å²) in [6.45, 7) is 9.46. The highest BCUT2D eigenvalue weighted by Crippen LogP contribution is 2.41. The van der Waals surface area contributed by atoms with E-state index in [2.05, 4.69) is 48.9 Å². The number of hydrogen-bond donors (Lipinski definition) is 0. The Morgan fingerprint density at radius 2 is 1.75 bits per heavy atom. The van der Waals surface area contributed by atoms with Gasteiger partial charge in [-0.2, -0.15) is 4.98 Å². The topological polar surface area (TPSA) is 76.9 Å². The molecule has 0 radical (unpaired) electrons. The van der Waals surface area contributed by atoms with Gasteiger partial charge in [-0.25, -0.2) is 4.79 Å². The van der Waals surface area contributed by atoms with Crippen LogP contribution in [-0.4, -0.2) is 53.7 Å². The molecule has 6 rings (SSSR count). The lowest BCUT2D eigenvalue weighted by Gasteiger charge is -2.31. The first kappa shape index (κ1) is 26.4. The van der Waals surface area contributed by atoms with Crippen LogP contribution in [-0.2, 0) is 17.8 Å². The molecular weight excluding hydrogens is 504 g/mol. The van der Waals surface area contributed by atoms with Crippen LogP contribution < -0.4 is 20.1 Å². The van der Waals surface area contributed by atoms with Crippen molar-refractivity contribution in [3.05, 3.63) is 63.1 Å². The first-order valence-electron chi connectivity index (χ1n) is 14.4. The first-order chi connectivity index (χ1) is 19.3. The van der Waals surface area contributed by atoms with Gasteiger partial charge in [0.1, 0.15) is 5.82 Å². The van der Waals surface area contributed by atoms with E-state index in [1.807, 2.05) is 17.0 Å². The largest absolute Gasteiger partial charge is 0.493 e. The van der Waals surface area contributed by atoms with E-state index in [-0.39, 0.29) is 11.6 Å². The Labute approximate surface area is 235 Å². The Morgan fingerprint density at radius 1 is 0.975 bits per heavy atom. The predicted octanol–water partition coefficient (Wildman–Crippen LogP) is 4.95. The smallest absolute Gasteiger partial charge is 0.350 e. The highest BCUT2D eigenvalue weighted by Gasteiger charge is 2.27. The van der Waals surface area contributed by atoms with Crippen LogP contribution in [0.25, 0.3) is 11.3 Å². The van der Waals surface area contributed by atoms with Crippen molar-refractivity contribution in [2.24, 2.45) is 5.92 Å². The summed E-state index contributed by atoms with van der Waals surface area (Å²) in [6, 6.07) is 10.4. The van der Waals surface area contributed by atoms with Crippen molar-refractivity contribution in [3.8, 4) is 22.8 Å². The quantitative estimate of drug-likeness (QED) is 0.381. The minimum absolute atomic E-state index is 0.191. The van der Waals surface area contributed by atoms with Crippen molar-refractivity contribution in [2.75, 3.05) is 38.3 Å². The van der Waals surface area contributed by atoms with E-state index < -0.39 is 0 Å². The molecule has 8 nitrogen and oxygen atoms in total. The van der Waals surface area contributed by atoms with Gasteiger partial charge in [0.25, 0.3) is 0 Å². The number of benzene rings is 2. The van der Waals surface area contributed by atoms with Crippen molar-refractivity contribution in [1.82, 2.24) is 14.5 Å². The van der Waals surface area contributed by atoms with E-state index in [1.165, 1.54) is 18.4 Å². The van der Waals surface area contributed by atoms with Gasteiger partial charge in [-0.1, -0.05) is 17.7 Å². The van der Waals surface area contributed by atoms with Gasteiger partial charge in [-0.15, -0.1) is 0 Å². The van der Waals surface area contributed by atoms with Crippen LogP contribution >= 0.6 is 0 Å². The van der Waals surface area contributed by atoms with Crippen molar-refractivity contribution in [3.63, 3.8) is 0 Å². The number of anilines is 2. The van der Waals surface area contributed by atoms with Crippen LogP contribution in [0.5, 0.6) is 11.5 Å². The Bertz CT molecular complexity index is 1500. The second-order valence-electron chi connectivity index (χ2n) is 11.5. The van der Waals surface area contributed by atoms with Crippen LogP contribution in [0.1, 0.15) is 47.9 Å². The SMILES string of the molecule is COc1cc2c(cc1OCC1CC1)CCn1c-2cc(N(CCN2CCCC2=O)c2c(C)cc(C)cc2C)nc1=O. The normalized spacial score (nSPS) is 16.1. The van der Waals surface area contributed by atoms with Gasteiger partial charge in [-0.3, -0.25) is 9.36 Å². The van der Waals surface area contributed by atoms with E-state index in [0.29, 0.717) is 50.1 Å². The predicted molar refractivity (Wildman–Crippen MR) is 156 cm³/mol. The minimum Gasteiger partial charge on any atom is -0.493 e. The van der Waals surface area contributed by atoms with E-state index in [9.17, 15) is 9.59 Å². The second kappa shape index (κ2) is 10.6. The monoisotopic (exact) mass is 542 g/mol. The lowest BCUT2D eigenvalue weighted by Crippen LogP contribution is -2.36. The first-order valence-corrected chi connectivity index (χ1v) is 14.4. The van der Waals surface area contributed by atoms with Crippen LogP contribution in [0.2, 0.25) is 0 Å². The molecule has 3 aromatic rings. The summed E-state index contributed by atoms with van der Waals surface area (Å²) < 4.78 is 13.6. The number of carbonyl (C=O) groups excluding carboxylic acids is 1. The molecule has 210 valence electrons. The van der Waals surface area contributed by atoms with E-state index in [0.717, 1.165) is 58.8 Å². The number of amides is 1. The molecule has 1 saturated carbocycles. The van der Waals surface area contributed by atoms with Crippen molar-refractivity contribution in [2.45, 2.75) is 59.4 Å². The Balaban J connectivity index is 1.43. The zero-order valence-electron chi connectivity index (χ0n) is 24.0. The zero-order valence-corrected chi connectivity index (χ0v) is 24.0. The van der Waals surface area contributed by atoms with Gasteiger partial charge in [0.2, 0.25) is 5.91 Å². The third kappa shape index (κ3) is 5.07. The van der Waals surface area contributed by atoms with Crippen LogP contribution in [0.3, 0.4) is 0 Å². The molecule has 2 fully saturated rings. The van der Waals surface area contributed by atoms with Crippen molar-refractivity contribution >= 4 is 17.4 Å².